The predicted molar refractivity (Wildman–Crippen MR) is 54.2 cm³/mol. The van der Waals surface area contributed by atoms with Gasteiger partial charge >= 0.3 is 0 Å². The van der Waals surface area contributed by atoms with Crippen LogP contribution in [0.4, 0.5) is 0 Å². The van der Waals surface area contributed by atoms with Gasteiger partial charge in [-0.25, -0.2) is 0 Å². The molecule has 0 saturated carbocycles. The van der Waals surface area contributed by atoms with Gasteiger partial charge in [0.2, 0.25) is 0 Å². The summed E-state index contributed by atoms with van der Waals surface area (Å²) in [5, 5.41) is 0. The Balaban J connectivity index is 1.94. The van der Waals surface area contributed by atoms with Crippen molar-refractivity contribution in [2.24, 2.45) is 5.92 Å². The smallest absolute Gasteiger partial charge is 0.165 e. The Morgan fingerprint density at radius 2 is 2.29 bits per heavy atom. The molecule has 2 fully saturated rings. The van der Waals surface area contributed by atoms with Gasteiger partial charge in [-0.05, 0) is 19.4 Å². The third-order valence-corrected chi connectivity index (χ3v) is 3.28. The third kappa shape index (κ3) is 1.84. The lowest BCUT2D eigenvalue weighted by atomic mass is 10.0. The van der Waals surface area contributed by atoms with Crippen molar-refractivity contribution in [2.75, 3.05) is 19.7 Å². The second kappa shape index (κ2) is 3.99. The standard InChI is InChI=1S/C11H19NO2/c1-8(2)11(13)10-6-12-5-3-4-9(12)7-14-10/h8-10H,3-7H2,1-2H3. The lowest BCUT2D eigenvalue weighted by Gasteiger charge is -2.35. The molecule has 2 rings (SSSR count). The van der Waals surface area contributed by atoms with Crippen molar-refractivity contribution < 1.29 is 9.53 Å². The zero-order valence-corrected chi connectivity index (χ0v) is 9.03. The van der Waals surface area contributed by atoms with E-state index in [1.807, 2.05) is 13.8 Å². The number of carbonyl (C=O) groups is 1. The molecule has 0 aromatic rings. The molecule has 0 bridgehead atoms. The first kappa shape index (κ1) is 10.1. The average molecular weight is 197 g/mol. The van der Waals surface area contributed by atoms with Gasteiger partial charge < -0.3 is 4.74 Å². The van der Waals surface area contributed by atoms with Crippen LogP contribution < -0.4 is 0 Å². The molecule has 2 aliphatic rings. The van der Waals surface area contributed by atoms with Crippen LogP contribution in [-0.4, -0.2) is 42.5 Å². The van der Waals surface area contributed by atoms with Crippen molar-refractivity contribution in [3.8, 4) is 0 Å². The zero-order valence-electron chi connectivity index (χ0n) is 9.03. The predicted octanol–water partition coefficient (Wildman–Crippen LogP) is 1.07. The number of hydrogen-bond acceptors (Lipinski definition) is 3. The van der Waals surface area contributed by atoms with Crippen molar-refractivity contribution in [3.63, 3.8) is 0 Å². The highest BCUT2D eigenvalue weighted by molar-refractivity contribution is 5.85. The van der Waals surface area contributed by atoms with Crippen LogP contribution in [-0.2, 0) is 9.53 Å². The highest BCUT2D eigenvalue weighted by Crippen LogP contribution is 2.23. The molecule has 0 aromatic carbocycles. The number of morpholine rings is 1. The molecular weight excluding hydrogens is 178 g/mol. The van der Waals surface area contributed by atoms with Crippen molar-refractivity contribution in [1.82, 2.24) is 4.90 Å². The maximum absolute atomic E-state index is 11.7. The summed E-state index contributed by atoms with van der Waals surface area (Å²) in [6.45, 7) is 6.62. The second-order valence-corrected chi connectivity index (χ2v) is 4.67. The van der Waals surface area contributed by atoms with Gasteiger partial charge in [0.25, 0.3) is 0 Å². The number of rotatable bonds is 2. The monoisotopic (exact) mass is 197 g/mol. The number of ether oxygens (including phenoxy) is 1. The Hall–Kier alpha value is -0.410. The number of nitrogens with zero attached hydrogens (tertiary/aromatic N) is 1. The first-order chi connectivity index (χ1) is 6.68. The van der Waals surface area contributed by atoms with Crippen LogP contribution in [0.2, 0.25) is 0 Å². The summed E-state index contributed by atoms with van der Waals surface area (Å²) in [7, 11) is 0. The Morgan fingerprint density at radius 1 is 1.50 bits per heavy atom. The van der Waals surface area contributed by atoms with Gasteiger partial charge in [0.05, 0.1) is 6.61 Å². The molecule has 2 heterocycles. The van der Waals surface area contributed by atoms with E-state index in [2.05, 4.69) is 4.90 Å². The van der Waals surface area contributed by atoms with Crippen LogP contribution in [0.25, 0.3) is 0 Å². The number of ketones is 1. The van der Waals surface area contributed by atoms with E-state index in [1.165, 1.54) is 12.8 Å². The Morgan fingerprint density at radius 3 is 3.00 bits per heavy atom. The molecule has 3 heteroatoms. The third-order valence-electron chi connectivity index (χ3n) is 3.28. The second-order valence-electron chi connectivity index (χ2n) is 4.67. The summed E-state index contributed by atoms with van der Waals surface area (Å²) < 4.78 is 5.62. The highest BCUT2D eigenvalue weighted by atomic mass is 16.5. The molecule has 2 aliphatic heterocycles. The largest absolute Gasteiger partial charge is 0.367 e. The minimum absolute atomic E-state index is 0.0964. The van der Waals surface area contributed by atoms with Crippen molar-refractivity contribution in [3.05, 3.63) is 0 Å². The lowest BCUT2D eigenvalue weighted by molar-refractivity contribution is -0.141. The molecular formula is C11H19NO2. The Bertz CT molecular complexity index is 227. The summed E-state index contributed by atoms with van der Waals surface area (Å²) in [6.07, 6.45) is 2.34. The van der Waals surface area contributed by atoms with E-state index in [9.17, 15) is 4.79 Å². The summed E-state index contributed by atoms with van der Waals surface area (Å²) in [4.78, 5) is 14.1. The minimum Gasteiger partial charge on any atom is -0.367 e. The maximum atomic E-state index is 11.7. The number of fused-ring (bicyclic) bond motifs is 1. The summed E-state index contributed by atoms with van der Waals surface area (Å²) in [6, 6.07) is 0.589. The molecule has 0 aromatic heterocycles. The molecule has 2 atom stereocenters. The first-order valence-electron chi connectivity index (χ1n) is 5.58. The van der Waals surface area contributed by atoms with Crippen molar-refractivity contribution in [2.45, 2.75) is 38.8 Å². The Kier molecular flexibility index (Phi) is 2.88. The summed E-state index contributed by atoms with van der Waals surface area (Å²) >= 11 is 0. The van der Waals surface area contributed by atoms with Crippen LogP contribution in [0.15, 0.2) is 0 Å². The molecule has 0 spiro atoms. The fraction of sp³-hybridized carbons (Fsp3) is 0.909. The normalized spacial score (nSPS) is 33.4. The van der Waals surface area contributed by atoms with Crippen LogP contribution in [0, 0.1) is 5.92 Å². The molecule has 14 heavy (non-hydrogen) atoms. The van der Waals surface area contributed by atoms with Gasteiger partial charge in [-0.2, -0.15) is 0 Å². The van der Waals surface area contributed by atoms with Gasteiger partial charge in [-0.15, -0.1) is 0 Å². The molecule has 0 radical (unpaired) electrons. The molecule has 0 aliphatic carbocycles. The number of hydrogen-bond donors (Lipinski definition) is 0. The first-order valence-corrected chi connectivity index (χ1v) is 5.58. The van der Waals surface area contributed by atoms with Gasteiger partial charge in [0, 0.05) is 18.5 Å². The van der Waals surface area contributed by atoms with Gasteiger partial charge in [0.1, 0.15) is 6.10 Å². The molecule has 80 valence electrons. The average Bonchev–Trinajstić information content (AvgIpc) is 2.62. The number of Topliss-reactive ketones (excluding diaryl/α,β-unsaturated/α-hetero) is 1. The summed E-state index contributed by atoms with van der Waals surface area (Å²) in [5.74, 6) is 0.356. The van der Waals surface area contributed by atoms with Crippen LogP contribution in [0.3, 0.4) is 0 Å². The fourth-order valence-corrected chi connectivity index (χ4v) is 2.36. The van der Waals surface area contributed by atoms with E-state index in [0.29, 0.717) is 6.04 Å². The van der Waals surface area contributed by atoms with E-state index in [4.69, 9.17) is 4.74 Å². The van der Waals surface area contributed by atoms with E-state index in [1.54, 1.807) is 0 Å². The van der Waals surface area contributed by atoms with Crippen LogP contribution in [0.1, 0.15) is 26.7 Å². The fourth-order valence-electron chi connectivity index (χ4n) is 2.36. The van der Waals surface area contributed by atoms with E-state index in [-0.39, 0.29) is 17.8 Å². The van der Waals surface area contributed by atoms with E-state index < -0.39 is 0 Å². The quantitative estimate of drug-likeness (QED) is 0.663. The van der Waals surface area contributed by atoms with Gasteiger partial charge in [-0.1, -0.05) is 13.8 Å². The maximum Gasteiger partial charge on any atom is 0.165 e. The SMILES string of the molecule is CC(C)C(=O)C1CN2CCCC2CO1. The molecule has 2 unspecified atom stereocenters. The van der Waals surface area contributed by atoms with Gasteiger partial charge in [-0.3, -0.25) is 9.69 Å². The highest BCUT2D eigenvalue weighted by Gasteiger charge is 2.35. The molecule has 3 nitrogen and oxygen atoms in total. The number of carbonyl (C=O) groups excluding carboxylic acids is 1. The lowest BCUT2D eigenvalue weighted by Crippen LogP contribution is -2.49. The Labute approximate surface area is 85.4 Å². The molecule has 0 amide bonds. The molecule has 2 saturated heterocycles. The van der Waals surface area contributed by atoms with E-state index in [0.717, 1.165) is 19.7 Å². The topological polar surface area (TPSA) is 29.5 Å². The van der Waals surface area contributed by atoms with Crippen LogP contribution in [0.5, 0.6) is 0 Å². The van der Waals surface area contributed by atoms with Crippen molar-refractivity contribution in [1.29, 1.82) is 0 Å². The summed E-state index contributed by atoms with van der Waals surface area (Å²) in [5.41, 5.74) is 0. The van der Waals surface area contributed by atoms with Gasteiger partial charge in [0.15, 0.2) is 5.78 Å². The minimum atomic E-state index is -0.163. The van der Waals surface area contributed by atoms with Crippen molar-refractivity contribution >= 4 is 5.78 Å². The van der Waals surface area contributed by atoms with E-state index >= 15 is 0 Å². The van der Waals surface area contributed by atoms with Crippen LogP contribution >= 0.6 is 0 Å². The molecule has 0 N–H and O–H groups in total. The zero-order chi connectivity index (χ0) is 10.1.